The average molecular weight is 276 g/mol. The molecule has 1 heterocycles. The first-order valence-corrected chi connectivity index (χ1v) is 7.23. The molecule has 1 aromatic rings. The van der Waals surface area contributed by atoms with E-state index in [1.165, 1.54) is 6.42 Å². The van der Waals surface area contributed by atoms with E-state index in [2.05, 4.69) is 11.4 Å². The summed E-state index contributed by atoms with van der Waals surface area (Å²) in [5.74, 6) is 1.08. The maximum atomic E-state index is 12.3. The quantitative estimate of drug-likeness (QED) is 0.915. The first-order valence-electron chi connectivity index (χ1n) is 7.23. The fourth-order valence-electron chi connectivity index (χ4n) is 2.72. The summed E-state index contributed by atoms with van der Waals surface area (Å²) in [6.45, 7) is 3.61. The number of rotatable bonds is 4. The van der Waals surface area contributed by atoms with Gasteiger partial charge in [-0.1, -0.05) is 18.6 Å². The molecule has 1 fully saturated rings. The normalized spacial score (nSPS) is 18.6. The molecule has 0 saturated carbocycles. The van der Waals surface area contributed by atoms with E-state index >= 15 is 0 Å². The van der Waals surface area contributed by atoms with Gasteiger partial charge in [-0.05, 0) is 43.5 Å². The van der Waals surface area contributed by atoms with E-state index in [4.69, 9.17) is 4.74 Å². The summed E-state index contributed by atoms with van der Waals surface area (Å²) in [6, 6.07) is 6.05. The number of ether oxygens (including phenoxy) is 1. The molecule has 4 nitrogen and oxygen atoms in total. The molecule has 1 aromatic carbocycles. The van der Waals surface area contributed by atoms with Crippen molar-refractivity contribution in [3.05, 3.63) is 29.3 Å². The van der Waals surface area contributed by atoms with E-state index in [1.807, 2.05) is 31.0 Å². The third-order valence-electron chi connectivity index (χ3n) is 3.86. The lowest BCUT2D eigenvalue weighted by Crippen LogP contribution is -2.46. The van der Waals surface area contributed by atoms with Crippen LogP contribution in [0.25, 0.3) is 0 Å². The van der Waals surface area contributed by atoms with Crippen molar-refractivity contribution in [2.45, 2.75) is 38.8 Å². The van der Waals surface area contributed by atoms with Gasteiger partial charge in [0.1, 0.15) is 5.75 Å². The fourth-order valence-corrected chi connectivity index (χ4v) is 2.72. The molecule has 1 amide bonds. The van der Waals surface area contributed by atoms with Crippen LogP contribution < -0.4 is 10.1 Å². The van der Waals surface area contributed by atoms with Gasteiger partial charge in [-0.3, -0.25) is 4.79 Å². The Morgan fingerprint density at radius 3 is 2.85 bits per heavy atom. The Morgan fingerprint density at radius 2 is 2.25 bits per heavy atom. The first-order chi connectivity index (χ1) is 9.61. The lowest BCUT2D eigenvalue weighted by molar-refractivity contribution is -0.133. The maximum Gasteiger partial charge on any atom is 0.239 e. The number of nitrogens with zero attached hydrogens (tertiary/aromatic N) is 1. The largest absolute Gasteiger partial charge is 0.496 e. The smallest absolute Gasteiger partial charge is 0.239 e. The fraction of sp³-hybridized carbons (Fsp3) is 0.562. The van der Waals surface area contributed by atoms with Crippen molar-refractivity contribution in [1.29, 1.82) is 0 Å². The Balaban J connectivity index is 1.98. The van der Waals surface area contributed by atoms with Crippen molar-refractivity contribution in [2.24, 2.45) is 0 Å². The second kappa shape index (κ2) is 6.75. The Morgan fingerprint density at radius 1 is 1.45 bits per heavy atom. The van der Waals surface area contributed by atoms with Crippen LogP contribution in [0.3, 0.4) is 0 Å². The molecule has 0 spiro atoms. The van der Waals surface area contributed by atoms with Crippen molar-refractivity contribution in [3.63, 3.8) is 0 Å². The minimum atomic E-state index is -0.00639. The number of aryl methyl sites for hydroxylation is 1. The molecular formula is C16H24N2O2. The van der Waals surface area contributed by atoms with E-state index in [1.54, 1.807) is 7.11 Å². The zero-order chi connectivity index (χ0) is 14.5. The van der Waals surface area contributed by atoms with Gasteiger partial charge in [0.25, 0.3) is 0 Å². The predicted molar refractivity (Wildman–Crippen MR) is 79.8 cm³/mol. The highest BCUT2D eigenvalue weighted by Crippen LogP contribution is 2.19. The minimum Gasteiger partial charge on any atom is -0.496 e. The van der Waals surface area contributed by atoms with Crippen LogP contribution >= 0.6 is 0 Å². The lowest BCUT2D eigenvalue weighted by atomic mass is 10.0. The van der Waals surface area contributed by atoms with Crippen molar-refractivity contribution in [2.75, 3.05) is 20.7 Å². The number of hydrogen-bond donors (Lipinski definition) is 1. The zero-order valence-electron chi connectivity index (χ0n) is 12.6. The van der Waals surface area contributed by atoms with Crippen molar-refractivity contribution >= 4 is 5.91 Å². The van der Waals surface area contributed by atoms with E-state index in [0.29, 0.717) is 6.54 Å². The summed E-state index contributed by atoms with van der Waals surface area (Å²) in [7, 11) is 3.55. The van der Waals surface area contributed by atoms with Gasteiger partial charge in [0.15, 0.2) is 0 Å². The standard InChI is InChI=1S/C16H24N2O2/c1-12-10-13(7-8-15(12)20-3)11-18(2)16(19)14-6-4-5-9-17-14/h7-8,10,14,17H,4-6,9,11H2,1-3H3/t14-/m1/s1. The van der Waals surface area contributed by atoms with Crippen LogP contribution in [0, 0.1) is 6.92 Å². The van der Waals surface area contributed by atoms with Gasteiger partial charge >= 0.3 is 0 Å². The Bertz CT molecular complexity index is 468. The first kappa shape index (κ1) is 14.9. The summed E-state index contributed by atoms with van der Waals surface area (Å²) >= 11 is 0. The van der Waals surface area contributed by atoms with E-state index in [9.17, 15) is 4.79 Å². The molecule has 1 aliphatic heterocycles. The number of amides is 1. The SMILES string of the molecule is COc1ccc(CN(C)C(=O)[C@H]2CCCCN2)cc1C. The molecule has 1 N–H and O–H groups in total. The molecule has 20 heavy (non-hydrogen) atoms. The average Bonchev–Trinajstić information content (AvgIpc) is 2.47. The number of carbonyl (C=O) groups excluding carboxylic acids is 1. The lowest BCUT2D eigenvalue weighted by Gasteiger charge is -2.27. The highest BCUT2D eigenvalue weighted by atomic mass is 16.5. The van der Waals surface area contributed by atoms with Crippen LogP contribution in [0.15, 0.2) is 18.2 Å². The molecule has 4 heteroatoms. The van der Waals surface area contributed by atoms with Gasteiger partial charge in [-0.15, -0.1) is 0 Å². The molecule has 0 aromatic heterocycles. The molecular weight excluding hydrogens is 252 g/mol. The predicted octanol–water partition coefficient (Wildman–Crippen LogP) is 2.10. The van der Waals surface area contributed by atoms with Gasteiger partial charge in [-0.2, -0.15) is 0 Å². The Kier molecular flexibility index (Phi) is 5.01. The highest BCUT2D eigenvalue weighted by Gasteiger charge is 2.23. The molecule has 2 rings (SSSR count). The number of hydrogen-bond acceptors (Lipinski definition) is 3. The number of nitrogens with one attached hydrogen (secondary N) is 1. The van der Waals surface area contributed by atoms with Crippen molar-refractivity contribution in [1.82, 2.24) is 10.2 Å². The molecule has 1 saturated heterocycles. The topological polar surface area (TPSA) is 41.6 Å². The molecule has 0 bridgehead atoms. The van der Waals surface area contributed by atoms with Crippen LogP contribution in [0.2, 0.25) is 0 Å². The van der Waals surface area contributed by atoms with Crippen molar-refractivity contribution in [3.8, 4) is 5.75 Å². The van der Waals surface area contributed by atoms with E-state index in [0.717, 1.165) is 36.3 Å². The number of piperidine rings is 1. The van der Waals surface area contributed by atoms with Gasteiger partial charge in [0, 0.05) is 13.6 Å². The number of likely N-dealkylation sites (N-methyl/N-ethyl adjacent to an activating group) is 1. The van der Waals surface area contributed by atoms with Gasteiger partial charge in [-0.25, -0.2) is 0 Å². The van der Waals surface area contributed by atoms with Crippen LogP contribution in [0.5, 0.6) is 5.75 Å². The second-order valence-corrected chi connectivity index (χ2v) is 5.50. The summed E-state index contributed by atoms with van der Waals surface area (Å²) in [6.07, 6.45) is 3.26. The Hall–Kier alpha value is -1.55. The molecule has 0 unspecified atom stereocenters. The van der Waals surface area contributed by atoms with Crippen LogP contribution in [0.1, 0.15) is 30.4 Å². The zero-order valence-corrected chi connectivity index (χ0v) is 12.6. The third-order valence-corrected chi connectivity index (χ3v) is 3.86. The Labute approximate surface area is 121 Å². The van der Waals surface area contributed by atoms with Gasteiger partial charge < -0.3 is 15.0 Å². The second-order valence-electron chi connectivity index (χ2n) is 5.50. The van der Waals surface area contributed by atoms with E-state index < -0.39 is 0 Å². The summed E-state index contributed by atoms with van der Waals surface area (Å²) in [5.41, 5.74) is 2.23. The maximum absolute atomic E-state index is 12.3. The minimum absolute atomic E-state index is 0.00639. The van der Waals surface area contributed by atoms with Gasteiger partial charge in [0.05, 0.1) is 13.2 Å². The third kappa shape index (κ3) is 3.51. The molecule has 1 aliphatic rings. The van der Waals surface area contributed by atoms with Gasteiger partial charge in [0.2, 0.25) is 5.91 Å². The highest BCUT2D eigenvalue weighted by molar-refractivity contribution is 5.81. The van der Waals surface area contributed by atoms with Crippen LogP contribution in [-0.2, 0) is 11.3 Å². The van der Waals surface area contributed by atoms with Crippen LogP contribution in [-0.4, -0.2) is 37.6 Å². The molecule has 0 radical (unpaired) electrons. The number of benzene rings is 1. The summed E-state index contributed by atoms with van der Waals surface area (Å²) in [5, 5.41) is 3.30. The number of carbonyl (C=O) groups is 1. The number of methoxy groups -OCH3 is 1. The monoisotopic (exact) mass is 276 g/mol. The molecule has 110 valence electrons. The van der Waals surface area contributed by atoms with E-state index in [-0.39, 0.29) is 11.9 Å². The van der Waals surface area contributed by atoms with Crippen molar-refractivity contribution < 1.29 is 9.53 Å². The summed E-state index contributed by atoms with van der Waals surface area (Å²) in [4.78, 5) is 14.2. The molecule has 1 atom stereocenters. The summed E-state index contributed by atoms with van der Waals surface area (Å²) < 4.78 is 5.26. The van der Waals surface area contributed by atoms with Crippen LogP contribution in [0.4, 0.5) is 0 Å². The molecule has 0 aliphatic carbocycles.